The van der Waals surface area contributed by atoms with Gasteiger partial charge in [-0.3, -0.25) is 14.9 Å². The zero-order chi connectivity index (χ0) is 14.9. The second-order valence-electron chi connectivity index (χ2n) is 3.95. The lowest BCUT2D eigenvalue weighted by atomic mass is 10.2. The fourth-order valence-electron chi connectivity index (χ4n) is 1.70. The molecular formula is C12H7Br2FN2O3. The summed E-state index contributed by atoms with van der Waals surface area (Å²) in [5.41, 5.74) is -0.880. The molecule has 0 aliphatic heterocycles. The zero-order valence-corrected chi connectivity index (χ0v) is 13.0. The molecule has 0 unspecified atom stereocenters. The maximum absolute atomic E-state index is 14.0. The van der Waals surface area contributed by atoms with E-state index in [1.165, 1.54) is 22.9 Å². The summed E-state index contributed by atoms with van der Waals surface area (Å²) in [6.45, 7) is -0.0929. The Morgan fingerprint density at radius 3 is 2.70 bits per heavy atom. The first-order chi connectivity index (χ1) is 9.40. The zero-order valence-electron chi connectivity index (χ0n) is 9.85. The highest BCUT2D eigenvalue weighted by atomic mass is 79.9. The van der Waals surface area contributed by atoms with Gasteiger partial charge in [0.15, 0.2) is 0 Å². The number of pyridine rings is 1. The van der Waals surface area contributed by atoms with Gasteiger partial charge in [-0.25, -0.2) is 0 Å². The molecule has 0 aliphatic rings. The van der Waals surface area contributed by atoms with E-state index in [1.54, 1.807) is 6.07 Å². The molecule has 0 bridgehead atoms. The number of aromatic nitrogens is 1. The third-order valence-corrected chi connectivity index (χ3v) is 3.61. The minimum atomic E-state index is -0.930. The van der Waals surface area contributed by atoms with Gasteiger partial charge in [0.2, 0.25) is 5.82 Å². The van der Waals surface area contributed by atoms with Crippen LogP contribution in [0.1, 0.15) is 5.56 Å². The third kappa shape index (κ3) is 2.96. The first-order valence-corrected chi connectivity index (χ1v) is 6.96. The Bertz CT molecular complexity index is 746. The van der Waals surface area contributed by atoms with E-state index in [0.717, 1.165) is 6.07 Å². The van der Waals surface area contributed by atoms with Crippen molar-refractivity contribution in [2.45, 2.75) is 6.54 Å². The number of rotatable bonds is 3. The summed E-state index contributed by atoms with van der Waals surface area (Å²) in [5, 5.41) is 10.7. The Labute approximate surface area is 129 Å². The normalized spacial score (nSPS) is 10.6. The molecule has 2 rings (SSSR count). The number of nitro benzene ring substituents is 1. The Morgan fingerprint density at radius 2 is 2.05 bits per heavy atom. The first kappa shape index (κ1) is 14.9. The fourth-order valence-corrected chi connectivity index (χ4v) is 2.95. The highest BCUT2D eigenvalue weighted by molar-refractivity contribution is 9.11. The number of hydrogen-bond donors (Lipinski definition) is 0. The lowest BCUT2D eigenvalue weighted by Crippen LogP contribution is -2.21. The summed E-state index contributed by atoms with van der Waals surface area (Å²) >= 11 is 6.33. The van der Waals surface area contributed by atoms with E-state index in [9.17, 15) is 19.3 Å². The van der Waals surface area contributed by atoms with Crippen LogP contribution in [0, 0.1) is 15.9 Å². The molecule has 1 aromatic heterocycles. The van der Waals surface area contributed by atoms with Crippen molar-refractivity contribution in [2.75, 3.05) is 0 Å². The van der Waals surface area contributed by atoms with Crippen molar-refractivity contribution in [3.8, 4) is 0 Å². The lowest BCUT2D eigenvalue weighted by molar-refractivity contribution is -0.387. The van der Waals surface area contributed by atoms with Gasteiger partial charge in [0.25, 0.3) is 5.56 Å². The van der Waals surface area contributed by atoms with Gasteiger partial charge in [0.1, 0.15) is 0 Å². The first-order valence-electron chi connectivity index (χ1n) is 5.37. The Balaban J connectivity index is 2.48. The van der Waals surface area contributed by atoms with Crippen LogP contribution >= 0.6 is 31.9 Å². The van der Waals surface area contributed by atoms with Crippen LogP contribution in [0.4, 0.5) is 10.1 Å². The predicted octanol–water partition coefficient (Wildman–Crippen LogP) is 3.47. The molecule has 0 N–H and O–H groups in total. The summed E-state index contributed by atoms with van der Waals surface area (Å²) in [6.07, 6.45) is 1.49. The average molecular weight is 406 g/mol. The second kappa shape index (κ2) is 5.84. The third-order valence-electron chi connectivity index (χ3n) is 2.60. The minimum Gasteiger partial charge on any atom is -0.309 e. The molecule has 0 atom stereocenters. The van der Waals surface area contributed by atoms with Crippen LogP contribution in [0.15, 0.2) is 44.2 Å². The highest BCUT2D eigenvalue weighted by Crippen LogP contribution is 2.21. The molecule has 20 heavy (non-hydrogen) atoms. The van der Waals surface area contributed by atoms with Gasteiger partial charge in [-0.15, -0.1) is 0 Å². The van der Waals surface area contributed by atoms with Crippen molar-refractivity contribution in [1.82, 2.24) is 4.57 Å². The van der Waals surface area contributed by atoms with Crippen LogP contribution in [0.5, 0.6) is 0 Å². The summed E-state index contributed by atoms with van der Waals surface area (Å²) in [6, 6.07) is 5.44. The van der Waals surface area contributed by atoms with Crippen molar-refractivity contribution >= 4 is 37.5 Å². The molecule has 8 heteroatoms. The molecule has 0 radical (unpaired) electrons. The fraction of sp³-hybridized carbons (Fsp3) is 0.0833. The summed E-state index contributed by atoms with van der Waals surface area (Å²) < 4.78 is 16.2. The van der Waals surface area contributed by atoms with Gasteiger partial charge in [-0.2, -0.15) is 4.39 Å². The molecule has 1 heterocycles. The summed E-state index contributed by atoms with van der Waals surface area (Å²) in [4.78, 5) is 21.8. The van der Waals surface area contributed by atoms with Gasteiger partial charge < -0.3 is 4.57 Å². The van der Waals surface area contributed by atoms with Crippen molar-refractivity contribution in [1.29, 1.82) is 0 Å². The Kier molecular flexibility index (Phi) is 4.34. The quantitative estimate of drug-likeness (QED) is 0.580. The Hall–Kier alpha value is -1.54. The van der Waals surface area contributed by atoms with Gasteiger partial charge in [-0.1, -0.05) is 12.1 Å². The number of halogens is 3. The van der Waals surface area contributed by atoms with Crippen molar-refractivity contribution < 1.29 is 9.31 Å². The van der Waals surface area contributed by atoms with Crippen LogP contribution in [0.2, 0.25) is 0 Å². The summed E-state index contributed by atoms with van der Waals surface area (Å²) in [7, 11) is 0. The monoisotopic (exact) mass is 404 g/mol. The molecule has 0 spiro atoms. The minimum absolute atomic E-state index is 0.0753. The number of hydrogen-bond acceptors (Lipinski definition) is 3. The molecule has 0 fully saturated rings. The number of benzene rings is 1. The molecule has 2 aromatic rings. The largest absolute Gasteiger partial charge is 0.309 e. The number of nitro groups is 1. The van der Waals surface area contributed by atoms with Gasteiger partial charge >= 0.3 is 5.69 Å². The molecule has 104 valence electrons. The molecule has 1 aromatic carbocycles. The van der Waals surface area contributed by atoms with Crippen LogP contribution in [-0.2, 0) is 6.54 Å². The second-order valence-corrected chi connectivity index (χ2v) is 5.72. The number of nitrogens with zero attached hydrogens (tertiary/aromatic N) is 2. The van der Waals surface area contributed by atoms with E-state index >= 15 is 0 Å². The van der Waals surface area contributed by atoms with Crippen molar-refractivity contribution in [3.63, 3.8) is 0 Å². The van der Waals surface area contributed by atoms with Crippen LogP contribution in [-0.4, -0.2) is 9.49 Å². The van der Waals surface area contributed by atoms with E-state index in [2.05, 4.69) is 31.9 Å². The maximum Gasteiger partial charge on any atom is 0.305 e. The van der Waals surface area contributed by atoms with Crippen molar-refractivity contribution in [3.05, 3.63) is 71.3 Å². The SMILES string of the molecule is O=c1c(Br)cc(Br)cn1Cc1cccc([N+](=O)[O-])c1F. The van der Waals surface area contributed by atoms with E-state index in [0.29, 0.717) is 8.95 Å². The highest BCUT2D eigenvalue weighted by Gasteiger charge is 2.17. The molecule has 0 saturated carbocycles. The standard InChI is InChI=1S/C12H7Br2FN2O3/c13-8-4-9(14)12(18)16(6-8)5-7-2-1-3-10(11(7)15)17(19)20/h1-4,6H,5H2. The van der Waals surface area contributed by atoms with E-state index in [4.69, 9.17) is 0 Å². The van der Waals surface area contributed by atoms with E-state index < -0.39 is 16.4 Å². The molecular weight excluding hydrogens is 399 g/mol. The van der Waals surface area contributed by atoms with Crippen LogP contribution in [0.25, 0.3) is 0 Å². The van der Waals surface area contributed by atoms with E-state index in [-0.39, 0.29) is 17.7 Å². The maximum atomic E-state index is 14.0. The van der Waals surface area contributed by atoms with Crippen LogP contribution in [0.3, 0.4) is 0 Å². The molecule has 0 saturated heterocycles. The Morgan fingerprint density at radius 1 is 1.35 bits per heavy atom. The average Bonchev–Trinajstić information content (AvgIpc) is 2.37. The molecule has 0 aliphatic carbocycles. The predicted molar refractivity (Wildman–Crippen MR) is 78.3 cm³/mol. The smallest absolute Gasteiger partial charge is 0.305 e. The van der Waals surface area contributed by atoms with Crippen molar-refractivity contribution in [2.24, 2.45) is 0 Å². The molecule has 5 nitrogen and oxygen atoms in total. The van der Waals surface area contributed by atoms with Gasteiger partial charge in [0.05, 0.1) is 15.9 Å². The van der Waals surface area contributed by atoms with Crippen LogP contribution < -0.4 is 5.56 Å². The molecule has 0 amide bonds. The summed E-state index contributed by atoms with van der Waals surface area (Å²) in [5.74, 6) is -0.930. The van der Waals surface area contributed by atoms with E-state index in [1.807, 2.05) is 0 Å². The van der Waals surface area contributed by atoms with Gasteiger partial charge in [0, 0.05) is 22.3 Å². The lowest BCUT2D eigenvalue weighted by Gasteiger charge is -2.08. The van der Waals surface area contributed by atoms with Gasteiger partial charge in [-0.05, 0) is 37.9 Å². The topological polar surface area (TPSA) is 65.1 Å².